The number of anilines is 1. The summed E-state index contributed by atoms with van der Waals surface area (Å²) in [6.45, 7) is 1.90. The van der Waals surface area contributed by atoms with Gasteiger partial charge in [-0.25, -0.2) is 4.98 Å². The third kappa shape index (κ3) is 4.62. The lowest BCUT2D eigenvalue weighted by Gasteiger charge is -2.13. The number of carbonyl (C=O) groups excluding carboxylic acids is 1. The normalized spacial score (nSPS) is 11.9. The average Bonchev–Trinajstić information content (AvgIpc) is 3.31. The van der Waals surface area contributed by atoms with Crippen LogP contribution in [0.15, 0.2) is 47.2 Å². The van der Waals surface area contributed by atoms with Crippen LogP contribution in [0.25, 0.3) is 9.88 Å². The summed E-state index contributed by atoms with van der Waals surface area (Å²) in [7, 11) is 1.59. The van der Waals surface area contributed by atoms with Gasteiger partial charge in [0.25, 0.3) is 0 Å². The zero-order valence-electron chi connectivity index (χ0n) is 13.9. The highest BCUT2D eigenvalue weighted by atomic mass is 32.2. The highest BCUT2D eigenvalue weighted by Gasteiger charge is 2.16. The molecular weight excluding hydrogens is 372 g/mol. The van der Waals surface area contributed by atoms with E-state index >= 15 is 0 Å². The predicted octanol–water partition coefficient (Wildman–Crippen LogP) is 5.14. The molecule has 4 nitrogen and oxygen atoms in total. The maximum atomic E-state index is 12.4. The first-order valence-electron chi connectivity index (χ1n) is 7.71. The van der Waals surface area contributed by atoms with E-state index in [0.717, 1.165) is 10.7 Å². The molecule has 0 unspecified atom stereocenters. The summed E-state index contributed by atoms with van der Waals surface area (Å²) in [6, 6.07) is 11.5. The molecular formula is C18H18N2O2S3. The highest BCUT2D eigenvalue weighted by Crippen LogP contribution is 2.30. The van der Waals surface area contributed by atoms with Crippen LogP contribution in [0.2, 0.25) is 0 Å². The van der Waals surface area contributed by atoms with Crippen molar-refractivity contribution in [3.05, 3.63) is 52.9 Å². The highest BCUT2D eigenvalue weighted by molar-refractivity contribution is 7.99. The van der Waals surface area contributed by atoms with Crippen molar-refractivity contribution in [2.75, 3.05) is 12.4 Å². The molecule has 0 radical (unpaired) electrons. The quantitative estimate of drug-likeness (QED) is 0.607. The summed E-state index contributed by atoms with van der Waals surface area (Å²) in [6.07, 6.45) is 0. The molecule has 1 aromatic carbocycles. The maximum Gasteiger partial charge on any atom is 0.237 e. The van der Waals surface area contributed by atoms with Crippen molar-refractivity contribution >= 4 is 46.0 Å². The Labute approximate surface area is 159 Å². The van der Waals surface area contributed by atoms with Gasteiger partial charge in [0.2, 0.25) is 5.91 Å². The molecule has 2 aromatic heterocycles. The molecule has 3 rings (SSSR count). The monoisotopic (exact) mass is 390 g/mol. The Kier molecular flexibility index (Phi) is 6.12. The van der Waals surface area contributed by atoms with E-state index in [2.05, 4.69) is 27.1 Å². The number of rotatable bonds is 7. The predicted molar refractivity (Wildman–Crippen MR) is 108 cm³/mol. The van der Waals surface area contributed by atoms with E-state index < -0.39 is 0 Å². The molecule has 1 N–H and O–H groups in total. The second-order valence-corrected chi connectivity index (χ2v) is 8.40. The Morgan fingerprint density at radius 2 is 2.12 bits per heavy atom. The van der Waals surface area contributed by atoms with Gasteiger partial charge in [-0.1, -0.05) is 18.2 Å². The van der Waals surface area contributed by atoms with Crippen LogP contribution in [0.3, 0.4) is 0 Å². The standard InChI is InChI=1S/C18H18N2O2S3/c1-12(17(21)20-14-6-3-4-7-15(14)22-2)24-10-13-11-25-18(19-13)16-8-5-9-23-16/h3-9,11-12H,10H2,1-2H3,(H,20,21)/t12-/m1/s1. The molecule has 2 heterocycles. The van der Waals surface area contributed by atoms with Gasteiger partial charge in [-0.05, 0) is 30.5 Å². The minimum atomic E-state index is -0.184. The third-order valence-corrected chi connectivity index (χ3v) is 6.61. The smallest absolute Gasteiger partial charge is 0.237 e. The summed E-state index contributed by atoms with van der Waals surface area (Å²) in [4.78, 5) is 18.2. The number of aromatic nitrogens is 1. The zero-order chi connectivity index (χ0) is 17.6. The number of nitrogens with zero attached hydrogens (tertiary/aromatic N) is 1. The summed E-state index contributed by atoms with van der Waals surface area (Å²) in [5, 5.41) is 7.89. The fraction of sp³-hybridized carbons (Fsp3) is 0.222. The third-order valence-electron chi connectivity index (χ3n) is 3.50. The molecule has 0 saturated heterocycles. The van der Waals surface area contributed by atoms with Gasteiger partial charge in [-0.15, -0.1) is 34.4 Å². The lowest BCUT2D eigenvalue weighted by molar-refractivity contribution is -0.115. The van der Waals surface area contributed by atoms with E-state index in [1.165, 1.54) is 4.88 Å². The summed E-state index contributed by atoms with van der Waals surface area (Å²) < 4.78 is 5.26. The van der Waals surface area contributed by atoms with Crippen LogP contribution in [0.1, 0.15) is 12.6 Å². The number of methoxy groups -OCH3 is 1. The fourth-order valence-corrected chi connectivity index (χ4v) is 4.67. The zero-order valence-corrected chi connectivity index (χ0v) is 16.3. The van der Waals surface area contributed by atoms with Gasteiger partial charge in [0.1, 0.15) is 10.8 Å². The fourth-order valence-electron chi connectivity index (χ4n) is 2.16. The van der Waals surface area contributed by atoms with Gasteiger partial charge in [-0.3, -0.25) is 4.79 Å². The van der Waals surface area contributed by atoms with Crippen LogP contribution in [0, 0.1) is 0 Å². The van der Waals surface area contributed by atoms with E-state index in [-0.39, 0.29) is 11.2 Å². The molecule has 1 amide bonds. The number of benzene rings is 1. The molecule has 0 spiro atoms. The van der Waals surface area contributed by atoms with Gasteiger partial charge in [-0.2, -0.15) is 0 Å². The lowest BCUT2D eigenvalue weighted by Crippen LogP contribution is -2.22. The molecule has 0 fully saturated rings. The van der Waals surface area contributed by atoms with E-state index in [4.69, 9.17) is 4.74 Å². The molecule has 0 aliphatic rings. The Morgan fingerprint density at radius 1 is 1.28 bits per heavy atom. The SMILES string of the molecule is COc1ccccc1NC(=O)[C@@H](C)SCc1csc(-c2cccs2)n1. The molecule has 7 heteroatoms. The van der Waals surface area contributed by atoms with Crippen LogP contribution < -0.4 is 10.1 Å². The Hall–Kier alpha value is -1.83. The second kappa shape index (κ2) is 8.51. The number of hydrogen-bond acceptors (Lipinski definition) is 6. The second-order valence-electron chi connectivity index (χ2n) is 5.26. The molecule has 0 saturated carbocycles. The van der Waals surface area contributed by atoms with Gasteiger partial charge < -0.3 is 10.1 Å². The number of amides is 1. The summed E-state index contributed by atoms with van der Waals surface area (Å²) in [5.74, 6) is 1.33. The molecule has 130 valence electrons. The van der Waals surface area contributed by atoms with Crippen molar-refractivity contribution in [3.8, 4) is 15.6 Å². The van der Waals surface area contributed by atoms with Crippen molar-refractivity contribution in [3.63, 3.8) is 0 Å². The van der Waals surface area contributed by atoms with Crippen LogP contribution in [-0.2, 0) is 10.5 Å². The molecule has 0 aliphatic heterocycles. The number of para-hydroxylation sites is 2. The summed E-state index contributed by atoms with van der Waals surface area (Å²) in [5.41, 5.74) is 1.70. The number of hydrogen-bond donors (Lipinski definition) is 1. The number of ether oxygens (including phenoxy) is 1. The molecule has 1 atom stereocenters. The molecule has 25 heavy (non-hydrogen) atoms. The van der Waals surface area contributed by atoms with Crippen LogP contribution in [0.5, 0.6) is 5.75 Å². The minimum Gasteiger partial charge on any atom is -0.495 e. The number of thiazole rings is 1. The van der Waals surface area contributed by atoms with Crippen molar-refractivity contribution in [1.82, 2.24) is 4.98 Å². The average molecular weight is 391 g/mol. The van der Waals surface area contributed by atoms with Crippen molar-refractivity contribution in [2.45, 2.75) is 17.9 Å². The first-order chi connectivity index (χ1) is 12.2. The topological polar surface area (TPSA) is 51.2 Å². The van der Waals surface area contributed by atoms with Crippen LogP contribution in [0.4, 0.5) is 5.69 Å². The number of thioether (sulfide) groups is 1. The van der Waals surface area contributed by atoms with Crippen molar-refractivity contribution < 1.29 is 9.53 Å². The number of thiophene rings is 1. The first kappa shape index (κ1) is 18.0. The summed E-state index contributed by atoms with van der Waals surface area (Å²) >= 11 is 4.91. The van der Waals surface area contributed by atoms with Gasteiger partial charge in [0.05, 0.1) is 28.6 Å². The first-order valence-corrected chi connectivity index (χ1v) is 10.5. The van der Waals surface area contributed by atoms with Crippen molar-refractivity contribution in [1.29, 1.82) is 0 Å². The Bertz CT molecular complexity index is 830. The number of carbonyl (C=O) groups is 1. The van der Waals surface area contributed by atoms with Gasteiger partial charge in [0.15, 0.2) is 0 Å². The molecule has 3 aromatic rings. The van der Waals surface area contributed by atoms with Crippen LogP contribution >= 0.6 is 34.4 Å². The van der Waals surface area contributed by atoms with E-state index in [1.807, 2.05) is 37.3 Å². The van der Waals surface area contributed by atoms with E-state index in [9.17, 15) is 4.79 Å². The van der Waals surface area contributed by atoms with E-state index in [1.54, 1.807) is 41.5 Å². The van der Waals surface area contributed by atoms with Crippen molar-refractivity contribution in [2.24, 2.45) is 0 Å². The van der Waals surface area contributed by atoms with Crippen LogP contribution in [-0.4, -0.2) is 23.3 Å². The Morgan fingerprint density at radius 3 is 2.88 bits per heavy atom. The van der Waals surface area contributed by atoms with E-state index in [0.29, 0.717) is 17.2 Å². The number of nitrogens with one attached hydrogen (secondary N) is 1. The molecule has 0 bridgehead atoms. The minimum absolute atomic E-state index is 0.0387. The largest absolute Gasteiger partial charge is 0.495 e. The Balaban J connectivity index is 1.55. The lowest BCUT2D eigenvalue weighted by atomic mass is 10.3. The van der Waals surface area contributed by atoms with Gasteiger partial charge >= 0.3 is 0 Å². The maximum absolute atomic E-state index is 12.4. The van der Waals surface area contributed by atoms with Gasteiger partial charge in [0, 0.05) is 11.1 Å². The molecule has 0 aliphatic carbocycles.